The second-order valence-electron chi connectivity index (χ2n) is 29.4. The zero-order valence-corrected chi connectivity index (χ0v) is 73.7. The average Bonchev–Trinajstić information content (AvgIpc) is 3.80. The molecule has 14 heterocycles. The molecule has 3 aliphatic rings. The van der Waals surface area contributed by atoms with Gasteiger partial charge in [-0.05, 0) is 79.4 Å². The van der Waals surface area contributed by atoms with Crippen LogP contribution in [0, 0.1) is 17.8 Å². The Labute approximate surface area is 676 Å². The highest BCUT2D eigenvalue weighted by molar-refractivity contribution is 7.09. The fourth-order valence-corrected chi connectivity index (χ4v) is 9.15. The van der Waals surface area contributed by atoms with Gasteiger partial charge < -0.3 is 36.0 Å². The lowest BCUT2D eigenvalue weighted by Gasteiger charge is -2.00. The highest BCUT2D eigenvalue weighted by Gasteiger charge is 2.09. The highest BCUT2D eigenvalue weighted by Crippen LogP contribution is 2.19. The van der Waals surface area contributed by atoms with Gasteiger partial charge in [-0.15, -0.1) is 43.1 Å². The molecule has 0 saturated carbocycles. The van der Waals surface area contributed by atoms with E-state index in [1.165, 1.54) is 34.8 Å². The summed E-state index contributed by atoms with van der Waals surface area (Å²) in [6.07, 6.45) is 35.8. The van der Waals surface area contributed by atoms with Crippen molar-refractivity contribution in [1.82, 2.24) is 70.2 Å². The first-order valence-electron chi connectivity index (χ1n) is 38.6. The van der Waals surface area contributed by atoms with Crippen LogP contribution < -0.4 is 0 Å². The Bertz CT molecular complexity index is 3220. The Morgan fingerprint density at radius 1 is 0.491 bits per heavy atom. The van der Waals surface area contributed by atoms with Crippen LogP contribution in [0.5, 0.6) is 0 Å². The first-order chi connectivity index (χ1) is 53.3. The van der Waals surface area contributed by atoms with Crippen LogP contribution in [-0.2, 0) is 0 Å². The number of furan rings is 2. The molecule has 0 spiro atoms. The predicted octanol–water partition coefficient (Wildman–Crippen LogP) is 24.3. The molecule has 0 unspecified atom stereocenters. The van der Waals surface area contributed by atoms with Crippen molar-refractivity contribution in [2.45, 2.75) is 266 Å². The number of allylic oxidation sites excluding steroid dienone is 2. The summed E-state index contributed by atoms with van der Waals surface area (Å²) in [6.45, 7) is 60.6. The molecule has 0 amide bonds. The molecule has 616 valence electrons. The van der Waals surface area contributed by atoms with Gasteiger partial charge >= 0.3 is 0 Å². The van der Waals surface area contributed by atoms with Crippen molar-refractivity contribution in [3.63, 3.8) is 0 Å². The summed E-state index contributed by atoms with van der Waals surface area (Å²) in [5, 5.41) is 34.5. The summed E-state index contributed by atoms with van der Waals surface area (Å²) < 4.78 is 36.2. The van der Waals surface area contributed by atoms with E-state index in [9.17, 15) is 0 Å². The van der Waals surface area contributed by atoms with E-state index in [-0.39, 0.29) is 0 Å². The van der Waals surface area contributed by atoms with E-state index in [0.29, 0.717) is 88.9 Å². The molecule has 11 aromatic heterocycles. The van der Waals surface area contributed by atoms with Gasteiger partial charge in [0, 0.05) is 114 Å². The monoisotopic (exact) mass is 1580 g/mol. The van der Waals surface area contributed by atoms with E-state index in [1.807, 2.05) is 102 Å². The lowest BCUT2D eigenvalue weighted by atomic mass is 10.1. The molecular weight excluding hydrogens is 1450 g/mol. The molecule has 0 aliphatic carbocycles. The smallest absolute Gasteiger partial charge is 0.218 e. The molecule has 1 N–H and O–H groups in total. The van der Waals surface area contributed by atoms with Gasteiger partial charge in [0.2, 0.25) is 12.3 Å². The third kappa shape index (κ3) is 47.5. The third-order valence-electron chi connectivity index (χ3n) is 14.8. The van der Waals surface area contributed by atoms with E-state index in [1.54, 1.807) is 102 Å². The van der Waals surface area contributed by atoms with Crippen LogP contribution in [0.2, 0.25) is 0 Å². The standard InChI is InChI=1S/2C7H11N.2C7H10O.2C6H10N2.4C6H9NO.C6H9NS.C5H9N3.C5H8N2O.C5H8N2S/c1-6(2)7-3-4-8-5-7;3*1-6(2)7-4-3-5-8-7;1-5(2)6-7-3-4-8-6;1-5(2)6-3-4-7-8-6;1-5(2)6-3-8-4-7-6;2*1-5(2)6-7-3-4-8-6;1-5(2)6-3-4-8-7-6;1-5(2)6-7-3-4-8-6;1-5(2)8-4-6-3-7-8;2*1-4(2)5-7-6-3-8-5/h3,5-6H,4H2,1-2H3;3-4,6H,5H2,1-2H3;2*3-6H,1-2H3;3-5H,1-2H3,(H,7,8);4-5H,3H2,1-2H3;6*3-5H,1-2H3;2*3-4H,1-2H3. The van der Waals surface area contributed by atoms with Crippen LogP contribution in [0.3, 0.4) is 0 Å². The number of H-pyrrole nitrogens is 1. The summed E-state index contributed by atoms with van der Waals surface area (Å²) >= 11 is 3.33. The van der Waals surface area contributed by atoms with E-state index in [4.69, 9.17) is 26.5 Å². The van der Waals surface area contributed by atoms with E-state index >= 15 is 0 Å². The van der Waals surface area contributed by atoms with Crippen LogP contribution in [-0.4, -0.2) is 107 Å². The van der Waals surface area contributed by atoms with Crippen LogP contribution in [0.1, 0.15) is 322 Å². The number of rotatable bonds is 14. The average molecular weight is 1580 g/mol. The molecule has 0 fully saturated rings. The SMILES string of the molecule is CC(C)C1=CCN=C1.CC(C)C1=NCC=C1.CC(C)C1=NN=CC1.CC(C)c1ccco1.CC(C)c1ccco1.CC(C)c1ccon1.CC(C)c1cocn1.CC(C)c1ncc[nH]1.CC(C)c1ncco1.CC(C)c1ncco1.CC(C)c1nccs1.CC(C)c1nnco1.CC(C)c1nncs1.CC(C)n1cncn1. The molecule has 0 saturated heterocycles. The number of oxazole rings is 3. The zero-order chi connectivity index (χ0) is 83.8. The minimum atomic E-state index is 0.345. The maximum absolute atomic E-state index is 5.09. The van der Waals surface area contributed by atoms with Gasteiger partial charge in [-0.25, -0.2) is 29.9 Å². The second kappa shape index (κ2) is 60.0. The van der Waals surface area contributed by atoms with E-state index < -0.39 is 0 Å². The first kappa shape index (κ1) is 100. The van der Waals surface area contributed by atoms with Gasteiger partial charge in [-0.2, -0.15) is 15.3 Å². The predicted molar refractivity (Wildman–Crippen MR) is 458 cm³/mol. The van der Waals surface area contributed by atoms with Crippen LogP contribution >= 0.6 is 22.7 Å². The molecule has 0 radical (unpaired) electrons. The van der Waals surface area contributed by atoms with Gasteiger partial charge in [-0.3, -0.25) is 14.7 Å². The van der Waals surface area contributed by atoms with Crippen LogP contribution in [0.4, 0.5) is 0 Å². The molecule has 3 aliphatic heterocycles. The largest absolute Gasteiger partial charge is 0.469 e. The number of nitrogens with one attached hydrogen (secondary N) is 1. The number of thiazole rings is 1. The summed E-state index contributed by atoms with van der Waals surface area (Å²) in [7, 11) is 0. The molecule has 27 heteroatoms. The molecule has 0 bridgehead atoms. The van der Waals surface area contributed by atoms with Gasteiger partial charge in [0.05, 0.1) is 54.4 Å². The van der Waals surface area contributed by atoms with E-state index in [0.717, 1.165) is 65.0 Å². The van der Waals surface area contributed by atoms with Crippen molar-refractivity contribution in [1.29, 1.82) is 0 Å². The number of aromatic amines is 1. The van der Waals surface area contributed by atoms with Crippen molar-refractivity contribution in [3.8, 4) is 0 Å². The Hall–Kier alpha value is -9.76. The molecular formula is C85H132N18O7S2. The summed E-state index contributed by atoms with van der Waals surface area (Å²) in [4.78, 5) is 35.2. The number of aliphatic imine (C=N–C) groups is 2. The second-order valence-corrected chi connectivity index (χ2v) is 31.2. The first-order valence-corrected chi connectivity index (χ1v) is 40.4. The summed E-state index contributed by atoms with van der Waals surface area (Å²) in [6, 6.07) is 10.1. The fraction of sp³-hybridized carbons (Fsp3) is 0.529. The van der Waals surface area contributed by atoms with Gasteiger partial charge in [0.1, 0.15) is 65.6 Å². The number of hydrogen-bond donors (Lipinski definition) is 1. The quantitative estimate of drug-likeness (QED) is 0.106. The minimum absolute atomic E-state index is 0.345. The Morgan fingerprint density at radius 2 is 1.11 bits per heavy atom. The maximum Gasteiger partial charge on any atom is 0.218 e. The van der Waals surface area contributed by atoms with Gasteiger partial charge in [-0.1, -0.05) is 197 Å². The maximum atomic E-state index is 5.09. The Morgan fingerprint density at radius 3 is 1.32 bits per heavy atom. The topological polar surface area (TPSA) is 317 Å². The molecule has 25 nitrogen and oxygen atoms in total. The highest BCUT2D eigenvalue weighted by atomic mass is 32.1. The van der Waals surface area contributed by atoms with Crippen molar-refractivity contribution >= 4 is 46.5 Å². The van der Waals surface area contributed by atoms with E-state index in [2.05, 4.69) is 261 Å². The zero-order valence-electron chi connectivity index (χ0n) is 72.1. The summed E-state index contributed by atoms with van der Waals surface area (Å²) in [5.41, 5.74) is 7.62. The molecule has 112 heavy (non-hydrogen) atoms. The van der Waals surface area contributed by atoms with Crippen molar-refractivity contribution < 1.29 is 31.0 Å². The molecule has 0 aromatic carbocycles. The lowest BCUT2D eigenvalue weighted by molar-refractivity contribution is 0.408. The van der Waals surface area contributed by atoms with Crippen molar-refractivity contribution in [2.24, 2.45) is 37.9 Å². The molecule has 14 rings (SSSR count). The molecule has 0 atom stereocenters. The van der Waals surface area contributed by atoms with Crippen molar-refractivity contribution in [3.05, 3.63) is 215 Å². The number of hydrogen-bond acceptors (Lipinski definition) is 25. The summed E-state index contributed by atoms with van der Waals surface area (Å²) in [5.74, 6) is 12.1. The normalized spacial score (nSPS) is 11.9. The van der Waals surface area contributed by atoms with Crippen LogP contribution in [0.15, 0.2) is 210 Å². The lowest BCUT2D eigenvalue weighted by Crippen LogP contribution is -2.03. The Kier molecular flexibility index (Phi) is 53.7. The third-order valence-corrected chi connectivity index (χ3v) is 16.8. The Balaban J connectivity index is 0.000000603. The minimum Gasteiger partial charge on any atom is -0.469 e. The van der Waals surface area contributed by atoms with Gasteiger partial charge in [0.15, 0.2) is 18.2 Å². The fourth-order valence-electron chi connectivity index (χ4n) is 7.92. The van der Waals surface area contributed by atoms with Gasteiger partial charge in [0.25, 0.3) is 0 Å². The number of imidazole rings is 1. The van der Waals surface area contributed by atoms with Crippen molar-refractivity contribution in [2.75, 3.05) is 13.1 Å². The molecule has 11 aromatic rings. The number of aromatic nitrogens is 14. The van der Waals surface area contributed by atoms with Crippen LogP contribution in [0.25, 0.3) is 0 Å². The number of nitrogens with zero attached hydrogens (tertiary/aromatic N) is 17.